The average Bonchev–Trinajstić information content (AvgIpc) is 2.63. The second-order valence-corrected chi connectivity index (χ2v) is 3.32. The van der Waals surface area contributed by atoms with Crippen LogP contribution in [0.1, 0.15) is 0 Å². The van der Waals surface area contributed by atoms with Crippen molar-refractivity contribution in [3.05, 3.63) is 6.20 Å². The lowest BCUT2D eigenvalue weighted by Crippen LogP contribution is -2.38. The molecule has 0 unspecified atom stereocenters. The highest BCUT2D eigenvalue weighted by Gasteiger charge is 2.09. The van der Waals surface area contributed by atoms with E-state index in [9.17, 15) is 0 Å². The molecular formula is C8H15N5O. The van der Waals surface area contributed by atoms with E-state index in [4.69, 9.17) is 10.5 Å². The van der Waals surface area contributed by atoms with E-state index in [-0.39, 0.29) is 0 Å². The number of rotatable bonds is 3. The zero-order chi connectivity index (χ0) is 9.80. The van der Waals surface area contributed by atoms with E-state index in [0.29, 0.717) is 5.82 Å². The molecule has 0 bridgehead atoms. The van der Waals surface area contributed by atoms with Crippen LogP contribution in [0, 0.1) is 0 Å². The Morgan fingerprint density at radius 1 is 1.36 bits per heavy atom. The predicted octanol–water partition coefficient (Wildman–Crippen LogP) is -0.807. The Balaban J connectivity index is 1.76. The van der Waals surface area contributed by atoms with Gasteiger partial charge in [-0.05, 0) is 0 Å². The van der Waals surface area contributed by atoms with Crippen LogP contribution in [-0.4, -0.2) is 52.7 Å². The van der Waals surface area contributed by atoms with Gasteiger partial charge in [-0.25, -0.2) is 0 Å². The number of morpholine rings is 1. The van der Waals surface area contributed by atoms with E-state index in [1.165, 1.54) is 0 Å². The third-order valence-corrected chi connectivity index (χ3v) is 2.27. The van der Waals surface area contributed by atoms with Crippen molar-refractivity contribution >= 4 is 5.82 Å². The summed E-state index contributed by atoms with van der Waals surface area (Å²) in [7, 11) is 0. The second kappa shape index (κ2) is 4.39. The lowest BCUT2D eigenvalue weighted by atomic mass is 10.4. The van der Waals surface area contributed by atoms with Gasteiger partial charge in [-0.15, -0.1) is 5.10 Å². The summed E-state index contributed by atoms with van der Waals surface area (Å²) in [5, 5.41) is 8.04. The summed E-state index contributed by atoms with van der Waals surface area (Å²) in [6.07, 6.45) is 1.57. The Kier molecular flexibility index (Phi) is 2.95. The average molecular weight is 197 g/mol. The lowest BCUT2D eigenvalue weighted by Gasteiger charge is -2.25. The van der Waals surface area contributed by atoms with E-state index in [0.717, 1.165) is 39.4 Å². The van der Waals surface area contributed by atoms with Gasteiger partial charge in [-0.1, -0.05) is 0 Å². The molecule has 0 atom stereocenters. The summed E-state index contributed by atoms with van der Waals surface area (Å²) in [6.45, 7) is 5.39. The first kappa shape index (κ1) is 9.42. The smallest absolute Gasteiger partial charge is 0.165 e. The summed E-state index contributed by atoms with van der Waals surface area (Å²) >= 11 is 0. The topological polar surface area (TPSA) is 69.2 Å². The summed E-state index contributed by atoms with van der Waals surface area (Å²) in [4.78, 5) is 3.97. The van der Waals surface area contributed by atoms with Crippen molar-refractivity contribution in [1.82, 2.24) is 19.9 Å². The maximum atomic E-state index is 5.46. The van der Waals surface area contributed by atoms with Crippen LogP contribution in [0.15, 0.2) is 6.20 Å². The van der Waals surface area contributed by atoms with Gasteiger partial charge in [-0.3, -0.25) is 4.90 Å². The Bertz CT molecular complexity index is 281. The third-order valence-electron chi connectivity index (χ3n) is 2.27. The lowest BCUT2D eigenvalue weighted by molar-refractivity contribution is 0.0354. The second-order valence-electron chi connectivity index (χ2n) is 3.32. The Hall–Kier alpha value is -1.14. The van der Waals surface area contributed by atoms with Gasteiger partial charge in [0, 0.05) is 19.6 Å². The van der Waals surface area contributed by atoms with Gasteiger partial charge < -0.3 is 10.5 Å². The molecule has 2 N–H and O–H groups in total. The maximum absolute atomic E-state index is 5.46. The minimum Gasteiger partial charge on any atom is -0.381 e. The van der Waals surface area contributed by atoms with Crippen molar-refractivity contribution in [2.75, 3.05) is 38.6 Å². The van der Waals surface area contributed by atoms with Gasteiger partial charge in [0.05, 0.1) is 26.0 Å². The molecule has 78 valence electrons. The molecule has 1 aliphatic heterocycles. The van der Waals surface area contributed by atoms with E-state index < -0.39 is 0 Å². The first-order valence-electron chi connectivity index (χ1n) is 4.80. The molecule has 1 saturated heterocycles. The van der Waals surface area contributed by atoms with Crippen LogP contribution in [0.25, 0.3) is 0 Å². The number of nitrogen functional groups attached to an aromatic ring is 1. The molecule has 0 spiro atoms. The number of aromatic nitrogens is 3. The van der Waals surface area contributed by atoms with Crippen molar-refractivity contribution in [2.45, 2.75) is 6.54 Å². The fourth-order valence-electron chi connectivity index (χ4n) is 1.47. The van der Waals surface area contributed by atoms with Gasteiger partial charge in [0.15, 0.2) is 5.82 Å². The van der Waals surface area contributed by atoms with Crippen LogP contribution < -0.4 is 5.73 Å². The summed E-state index contributed by atoms with van der Waals surface area (Å²) < 4.78 is 5.26. The zero-order valence-electron chi connectivity index (χ0n) is 8.09. The van der Waals surface area contributed by atoms with Crippen molar-refractivity contribution in [3.63, 3.8) is 0 Å². The van der Waals surface area contributed by atoms with Crippen LogP contribution >= 0.6 is 0 Å². The van der Waals surface area contributed by atoms with Gasteiger partial charge in [0.2, 0.25) is 0 Å². The predicted molar refractivity (Wildman–Crippen MR) is 51.7 cm³/mol. The molecule has 1 fully saturated rings. The van der Waals surface area contributed by atoms with Crippen molar-refractivity contribution in [2.24, 2.45) is 0 Å². The molecule has 1 aliphatic rings. The third kappa shape index (κ3) is 2.43. The first-order chi connectivity index (χ1) is 6.84. The van der Waals surface area contributed by atoms with E-state index >= 15 is 0 Å². The van der Waals surface area contributed by atoms with Crippen LogP contribution in [0.4, 0.5) is 5.82 Å². The first-order valence-corrected chi connectivity index (χ1v) is 4.80. The largest absolute Gasteiger partial charge is 0.381 e. The zero-order valence-corrected chi connectivity index (χ0v) is 8.09. The monoisotopic (exact) mass is 197 g/mol. The van der Waals surface area contributed by atoms with Crippen LogP contribution in [0.2, 0.25) is 0 Å². The van der Waals surface area contributed by atoms with Gasteiger partial charge >= 0.3 is 0 Å². The molecule has 2 rings (SSSR count). The molecule has 1 aromatic heterocycles. The maximum Gasteiger partial charge on any atom is 0.165 e. The van der Waals surface area contributed by atoms with Gasteiger partial charge in [0.25, 0.3) is 0 Å². The van der Waals surface area contributed by atoms with Crippen LogP contribution in [0.5, 0.6) is 0 Å². The Morgan fingerprint density at radius 2 is 2.14 bits per heavy atom. The number of hydrogen-bond acceptors (Lipinski definition) is 5. The van der Waals surface area contributed by atoms with E-state index in [2.05, 4.69) is 15.1 Å². The normalized spacial score (nSPS) is 18.6. The highest BCUT2D eigenvalue weighted by atomic mass is 16.5. The highest BCUT2D eigenvalue weighted by Crippen LogP contribution is 1.97. The van der Waals surface area contributed by atoms with E-state index in [1.807, 2.05) is 0 Å². The highest BCUT2D eigenvalue weighted by molar-refractivity contribution is 5.19. The molecule has 1 aromatic rings. The molecule has 6 nitrogen and oxygen atoms in total. The molecule has 6 heteroatoms. The Labute approximate surface area is 82.6 Å². The SMILES string of the molecule is Nc1cnn(CCN2CCOCC2)n1. The molecule has 2 heterocycles. The minimum absolute atomic E-state index is 0.479. The van der Waals surface area contributed by atoms with Crippen molar-refractivity contribution < 1.29 is 4.74 Å². The number of ether oxygens (including phenoxy) is 1. The summed E-state index contributed by atoms with van der Waals surface area (Å²) in [5.74, 6) is 0.479. The molecule has 0 aliphatic carbocycles. The number of hydrogen-bond donors (Lipinski definition) is 1. The summed E-state index contributed by atoms with van der Waals surface area (Å²) in [6, 6.07) is 0. The van der Waals surface area contributed by atoms with Gasteiger partial charge in [-0.2, -0.15) is 9.90 Å². The minimum atomic E-state index is 0.479. The molecule has 0 aromatic carbocycles. The molecular weight excluding hydrogens is 182 g/mol. The quantitative estimate of drug-likeness (QED) is 0.686. The summed E-state index contributed by atoms with van der Waals surface area (Å²) in [5.41, 5.74) is 5.46. The van der Waals surface area contributed by atoms with Crippen molar-refractivity contribution in [3.8, 4) is 0 Å². The fourth-order valence-corrected chi connectivity index (χ4v) is 1.47. The van der Waals surface area contributed by atoms with Crippen molar-refractivity contribution in [1.29, 1.82) is 0 Å². The van der Waals surface area contributed by atoms with E-state index in [1.54, 1.807) is 11.0 Å². The molecule has 14 heavy (non-hydrogen) atoms. The molecule has 0 saturated carbocycles. The number of nitrogens with zero attached hydrogens (tertiary/aromatic N) is 4. The number of nitrogens with two attached hydrogens (primary N) is 1. The fraction of sp³-hybridized carbons (Fsp3) is 0.750. The van der Waals surface area contributed by atoms with Gasteiger partial charge in [0.1, 0.15) is 0 Å². The standard InChI is InChI=1S/C8H15N5O/c9-8-7-10-13(11-8)2-1-12-3-5-14-6-4-12/h7H,1-6H2,(H2,9,11). The van der Waals surface area contributed by atoms with Crippen LogP contribution in [-0.2, 0) is 11.3 Å². The van der Waals surface area contributed by atoms with Crippen LogP contribution in [0.3, 0.4) is 0 Å². The molecule has 0 amide bonds. The molecule has 0 radical (unpaired) electrons. The number of anilines is 1. The Morgan fingerprint density at radius 3 is 2.79 bits per heavy atom.